The Balaban J connectivity index is 1.22. The van der Waals surface area contributed by atoms with Gasteiger partial charge in [-0.25, -0.2) is 4.98 Å². The van der Waals surface area contributed by atoms with Crippen molar-refractivity contribution in [3.05, 3.63) is 60.2 Å². The number of nitrogens with zero attached hydrogens (tertiary/aromatic N) is 4. The Morgan fingerprint density at radius 3 is 2.97 bits per heavy atom. The van der Waals surface area contributed by atoms with Crippen LogP contribution in [0.15, 0.2) is 48.8 Å². The first-order valence-electron chi connectivity index (χ1n) is 10.2. The minimum Gasteiger partial charge on any atom is -0.489 e. The third kappa shape index (κ3) is 5.21. The molecule has 4 rings (SSSR count). The molecule has 1 aromatic carbocycles. The van der Waals surface area contributed by atoms with E-state index in [-0.39, 0.29) is 12.0 Å². The quantitative estimate of drug-likeness (QED) is 0.625. The molecule has 1 atom stereocenters. The molecule has 1 aliphatic rings. The zero-order valence-electron chi connectivity index (χ0n) is 17.0. The van der Waals surface area contributed by atoms with Crippen molar-refractivity contribution in [2.45, 2.75) is 32.4 Å². The molecular formula is C22H26N6O2. The number of amides is 1. The lowest BCUT2D eigenvalue weighted by molar-refractivity contribution is -0.121. The molecule has 0 aliphatic carbocycles. The maximum Gasteiger partial charge on any atom is 0.221 e. The molecular weight excluding hydrogens is 380 g/mol. The molecule has 0 spiro atoms. The predicted octanol–water partition coefficient (Wildman–Crippen LogP) is 2.20. The molecule has 0 bridgehead atoms. The molecule has 0 saturated heterocycles. The number of carbonyl (C=O) groups excluding carboxylic acids is 1. The Kier molecular flexibility index (Phi) is 6.34. The topological polar surface area (TPSA) is 96.0 Å². The second kappa shape index (κ2) is 9.49. The molecule has 2 N–H and O–H groups in total. The number of carbonyl (C=O) groups is 1. The first kappa shape index (κ1) is 20.0. The number of benzene rings is 1. The Labute approximate surface area is 175 Å². The van der Waals surface area contributed by atoms with Crippen molar-refractivity contribution in [3.8, 4) is 17.1 Å². The Hall–Kier alpha value is -3.26. The smallest absolute Gasteiger partial charge is 0.221 e. The minimum absolute atomic E-state index is 0.0370. The first-order valence-corrected chi connectivity index (χ1v) is 10.2. The van der Waals surface area contributed by atoms with Gasteiger partial charge in [0.15, 0.2) is 5.82 Å². The van der Waals surface area contributed by atoms with Gasteiger partial charge in [0.2, 0.25) is 5.91 Å². The first-order chi connectivity index (χ1) is 14.7. The SMILES string of the molecule is CC1CN(CCC(=O)NCCc2nc(-c3ccncc3)n[nH]2)Cc2ccccc2O1. The van der Waals surface area contributed by atoms with E-state index in [1.807, 2.05) is 30.3 Å². The van der Waals surface area contributed by atoms with Crippen molar-refractivity contribution in [1.82, 2.24) is 30.4 Å². The number of fused-ring (bicyclic) bond motifs is 1. The number of H-pyrrole nitrogens is 1. The minimum atomic E-state index is 0.0370. The van der Waals surface area contributed by atoms with E-state index < -0.39 is 0 Å². The number of hydrogen-bond donors (Lipinski definition) is 2. The molecule has 8 nitrogen and oxygen atoms in total. The summed E-state index contributed by atoms with van der Waals surface area (Å²) in [6.07, 6.45) is 4.57. The lowest BCUT2D eigenvalue weighted by atomic mass is 10.2. The van der Waals surface area contributed by atoms with Crippen molar-refractivity contribution in [2.24, 2.45) is 0 Å². The van der Waals surface area contributed by atoms with E-state index in [1.165, 1.54) is 0 Å². The van der Waals surface area contributed by atoms with Crippen LogP contribution in [0, 0.1) is 0 Å². The fraction of sp³-hybridized carbons (Fsp3) is 0.364. The van der Waals surface area contributed by atoms with Gasteiger partial charge >= 0.3 is 0 Å². The summed E-state index contributed by atoms with van der Waals surface area (Å²) in [6.45, 7) is 4.88. The molecule has 8 heteroatoms. The molecule has 0 fully saturated rings. The third-order valence-corrected chi connectivity index (χ3v) is 5.02. The molecule has 3 aromatic rings. The zero-order chi connectivity index (χ0) is 20.8. The van der Waals surface area contributed by atoms with Crippen LogP contribution in [0.3, 0.4) is 0 Å². The van der Waals surface area contributed by atoms with E-state index in [1.54, 1.807) is 12.4 Å². The van der Waals surface area contributed by atoms with Crippen LogP contribution in [0.25, 0.3) is 11.4 Å². The Morgan fingerprint density at radius 1 is 1.27 bits per heavy atom. The molecule has 3 heterocycles. The van der Waals surface area contributed by atoms with Crippen LogP contribution in [0.2, 0.25) is 0 Å². The van der Waals surface area contributed by atoms with Gasteiger partial charge in [-0.1, -0.05) is 18.2 Å². The Bertz CT molecular complexity index is 975. The normalized spacial score (nSPS) is 16.4. The molecule has 0 radical (unpaired) electrons. The van der Waals surface area contributed by atoms with E-state index in [0.29, 0.717) is 31.8 Å². The van der Waals surface area contributed by atoms with Gasteiger partial charge in [0.1, 0.15) is 17.7 Å². The van der Waals surface area contributed by atoms with Gasteiger partial charge in [-0.2, -0.15) is 5.10 Å². The van der Waals surface area contributed by atoms with Gasteiger partial charge in [0.25, 0.3) is 0 Å². The standard InChI is InChI=1S/C22H26N6O2/c1-16-14-28(15-18-4-2-3-5-19(18)30-16)13-9-21(29)24-12-8-20-25-22(27-26-20)17-6-10-23-11-7-17/h2-7,10-11,16H,8-9,12-15H2,1H3,(H,24,29)(H,25,26,27). The van der Waals surface area contributed by atoms with Crippen molar-refractivity contribution in [2.75, 3.05) is 19.6 Å². The summed E-state index contributed by atoms with van der Waals surface area (Å²) in [6, 6.07) is 11.8. The average molecular weight is 406 g/mol. The summed E-state index contributed by atoms with van der Waals surface area (Å²) < 4.78 is 5.98. The second-order valence-corrected chi connectivity index (χ2v) is 7.46. The molecule has 156 valence electrons. The van der Waals surface area contributed by atoms with Crippen LogP contribution in [0.1, 0.15) is 24.7 Å². The molecule has 30 heavy (non-hydrogen) atoms. The fourth-order valence-electron chi connectivity index (χ4n) is 3.55. The van der Waals surface area contributed by atoms with Crippen molar-refractivity contribution < 1.29 is 9.53 Å². The Morgan fingerprint density at radius 2 is 2.10 bits per heavy atom. The zero-order valence-corrected chi connectivity index (χ0v) is 17.0. The van der Waals surface area contributed by atoms with Crippen LogP contribution in [0.5, 0.6) is 5.75 Å². The van der Waals surface area contributed by atoms with Crippen LogP contribution >= 0.6 is 0 Å². The van der Waals surface area contributed by atoms with Crippen LogP contribution < -0.4 is 10.1 Å². The van der Waals surface area contributed by atoms with Crippen LogP contribution in [-0.4, -0.2) is 56.7 Å². The second-order valence-electron chi connectivity index (χ2n) is 7.46. The number of hydrogen-bond acceptors (Lipinski definition) is 6. The lowest BCUT2D eigenvalue weighted by Gasteiger charge is -2.21. The van der Waals surface area contributed by atoms with Gasteiger partial charge in [0, 0.05) is 62.5 Å². The molecule has 1 aliphatic heterocycles. The van der Waals surface area contributed by atoms with Crippen molar-refractivity contribution in [3.63, 3.8) is 0 Å². The number of rotatable bonds is 7. The molecule has 1 unspecified atom stereocenters. The maximum atomic E-state index is 12.3. The highest BCUT2D eigenvalue weighted by atomic mass is 16.5. The highest BCUT2D eigenvalue weighted by molar-refractivity contribution is 5.76. The predicted molar refractivity (Wildman–Crippen MR) is 113 cm³/mol. The highest BCUT2D eigenvalue weighted by Crippen LogP contribution is 2.24. The van der Waals surface area contributed by atoms with E-state index in [9.17, 15) is 4.79 Å². The lowest BCUT2D eigenvalue weighted by Crippen LogP contribution is -2.35. The highest BCUT2D eigenvalue weighted by Gasteiger charge is 2.20. The summed E-state index contributed by atoms with van der Waals surface area (Å²) in [7, 11) is 0. The number of nitrogens with one attached hydrogen (secondary N) is 2. The van der Waals surface area contributed by atoms with Gasteiger partial charge in [-0.15, -0.1) is 0 Å². The fourth-order valence-corrected chi connectivity index (χ4v) is 3.55. The third-order valence-electron chi connectivity index (χ3n) is 5.02. The van der Waals surface area contributed by atoms with E-state index in [4.69, 9.17) is 4.74 Å². The number of ether oxygens (including phenoxy) is 1. The number of pyridine rings is 1. The van der Waals surface area contributed by atoms with Crippen molar-refractivity contribution >= 4 is 5.91 Å². The number of aromatic nitrogens is 4. The van der Waals surface area contributed by atoms with Crippen LogP contribution in [0.4, 0.5) is 0 Å². The summed E-state index contributed by atoms with van der Waals surface area (Å²) >= 11 is 0. The van der Waals surface area contributed by atoms with E-state index in [2.05, 4.69) is 43.4 Å². The molecule has 0 saturated carbocycles. The largest absolute Gasteiger partial charge is 0.489 e. The number of para-hydroxylation sites is 1. The van der Waals surface area contributed by atoms with E-state index >= 15 is 0 Å². The maximum absolute atomic E-state index is 12.3. The van der Waals surface area contributed by atoms with Gasteiger partial charge in [-0.05, 0) is 25.1 Å². The monoisotopic (exact) mass is 406 g/mol. The van der Waals surface area contributed by atoms with Gasteiger partial charge in [-0.3, -0.25) is 19.8 Å². The van der Waals surface area contributed by atoms with Gasteiger partial charge < -0.3 is 10.1 Å². The summed E-state index contributed by atoms with van der Waals surface area (Å²) in [5, 5.41) is 10.1. The average Bonchev–Trinajstić information content (AvgIpc) is 3.16. The molecule has 2 aromatic heterocycles. The van der Waals surface area contributed by atoms with Crippen LogP contribution in [-0.2, 0) is 17.8 Å². The van der Waals surface area contributed by atoms with Gasteiger partial charge in [0.05, 0.1) is 0 Å². The summed E-state index contributed by atoms with van der Waals surface area (Å²) in [5.41, 5.74) is 2.08. The summed E-state index contributed by atoms with van der Waals surface area (Å²) in [5.74, 6) is 2.36. The number of aromatic amines is 1. The molecule has 1 amide bonds. The summed E-state index contributed by atoms with van der Waals surface area (Å²) in [4.78, 5) is 23.0. The van der Waals surface area contributed by atoms with Crippen molar-refractivity contribution in [1.29, 1.82) is 0 Å². The van der Waals surface area contributed by atoms with E-state index in [0.717, 1.165) is 35.8 Å².